The molecule has 1 saturated heterocycles. The lowest BCUT2D eigenvalue weighted by molar-refractivity contribution is -0.156. The third kappa shape index (κ3) is 5.42. The normalized spacial score (nSPS) is 17.6. The van der Waals surface area contributed by atoms with E-state index in [2.05, 4.69) is 20.7 Å². The predicted octanol–water partition coefficient (Wildman–Crippen LogP) is 3.24. The van der Waals surface area contributed by atoms with Crippen LogP contribution in [0, 0.1) is 12.9 Å². The lowest BCUT2D eigenvalue weighted by atomic mass is 9.99. The van der Waals surface area contributed by atoms with Crippen LogP contribution in [0.25, 0.3) is 16.9 Å². The van der Waals surface area contributed by atoms with E-state index in [4.69, 9.17) is 14.7 Å². The number of nitrogens with one attached hydrogen (secondary N) is 2. The van der Waals surface area contributed by atoms with Gasteiger partial charge in [0.1, 0.15) is 11.5 Å². The van der Waals surface area contributed by atoms with Gasteiger partial charge in [0.15, 0.2) is 6.23 Å². The van der Waals surface area contributed by atoms with Crippen LogP contribution in [0.3, 0.4) is 0 Å². The molecule has 1 aromatic carbocycles. The third-order valence-corrected chi connectivity index (χ3v) is 6.36. The van der Waals surface area contributed by atoms with Gasteiger partial charge in [-0.15, -0.1) is 0 Å². The molecular formula is C26H29FN8O3. The maximum absolute atomic E-state index is 13.9. The van der Waals surface area contributed by atoms with Gasteiger partial charge < -0.3 is 10.1 Å². The van der Waals surface area contributed by atoms with Gasteiger partial charge in [-0.1, -0.05) is 18.2 Å². The van der Waals surface area contributed by atoms with Crippen molar-refractivity contribution in [1.29, 1.82) is 0 Å². The smallest absolute Gasteiger partial charge is 0.322 e. The fourth-order valence-electron chi connectivity index (χ4n) is 4.47. The molecule has 1 fully saturated rings. The molecule has 2 N–H and O–H groups in total. The minimum Gasteiger partial charge on any atom is -0.383 e. The Hall–Kier alpha value is -4.13. The monoisotopic (exact) mass is 520 g/mol. The number of urea groups is 1. The second-order valence-corrected chi connectivity index (χ2v) is 9.00. The molecule has 4 aromatic rings. The molecular weight excluding hydrogens is 491 g/mol. The van der Waals surface area contributed by atoms with Crippen molar-refractivity contribution in [3.63, 3.8) is 0 Å². The number of carbonyl (C=O) groups is 1. The number of pyridine rings is 1. The van der Waals surface area contributed by atoms with Gasteiger partial charge in [-0.2, -0.15) is 19.7 Å². The molecule has 3 aromatic heterocycles. The van der Waals surface area contributed by atoms with Gasteiger partial charge in [-0.25, -0.2) is 14.5 Å². The number of ether oxygens (including phenoxy) is 1. The van der Waals surface area contributed by atoms with Crippen molar-refractivity contribution in [2.45, 2.75) is 19.1 Å². The Balaban J connectivity index is 1.41. The Bertz CT molecular complexity index is 1410. The molecule has 0 unspecified atom stereocenters. The van der Waals surface area contributed by atoms with Gasteiger partial charge in [-0.3, -0.25) is 14.8 Å². The fourth-order valence-corrected chi connectivity index (χ4v) is 4.47. The minimum atomic E-state index is -0.736. The first-order chi connectivity index (χ1) is 18.4. The molecule has 0 bridgehead atoms. The van der Waals surface area contributed by atoms with Crippen LogP contribution >= 0.6 is 0 Å². The highest BCUT2D eigenvalue weighted by Gasteiger charge is 2.37. The molecule has 0 saturated carbocycles. The van der Waals surface area contributed by atoms with Crippen LogP contribution in [0.2, 0.25) is 0 Å². The molecule has 38 heavy (non-hydrogen) atoms. The number of rotatable bonds is 8. The van der Waals surface area contributed by atoms with Crippen LogP contribution in [0.15, 0.2) is 61.1 Å². The number of halogens is 1. The van der Waals surface area contributed by atoms with Crippen molar-refractivity contribution in [1.82, 2.24) is 34.9 Å². The fraction of sp³-hybridized carbons (Fsp3) is 0.308. The van der Waals surface area contributed by atoms with E-state index in [1.165, 1.54) is 12.3 Å². The lowest BCUT2D eigenvalue weighted by Gasteiger charge is -2.20. The molecule has 12 heteroatoms. The molecule has 1 aliphatic rings. The maximum atomic E-state index is 13.9. The zero-order valence-electron chi connectivity index (χ0n) is 21.3. The van der Waals surface area contributed by atoms with Crippen LogP contribution < -0.4 is 10.6 Å². The molecule has 0 radical (unpaired) electrons. The minimum absolute atomic E-state index is 0.318. The molecule has 1 aliphatic heterocycles. The average Bonchev–Trinajstić information content (AvgIpc) is 3.61. The SMILES string of the molecule is COCCN1C[C@@H](c2ccnc(F)c2)[C@H](NC(=O)Nc2c(C)c(-c3cnn(C)c3)nn2-c2ccccc2)O1. The Morgan fingerprint density at radius 1 is 1.26 bits per heavy atom. The number of hydrogen-bond donors (Lipinski definition) is 2. The largest absolute Gasteiger partial charge is 0.383 e. The number of nitrogens with zero attached hydrogens (tertiary/aromatic N) is 6. The standard InChI is InChI=1S/C26H29FN8O3/c1-17-23(19-14-29-33(2)15-19)32-35(20-7-5-4-6-8-20)24(17)30-26(36)31-25-21(16-34(38-25)11-12-37-3)18-9-10-28-22(27)13-18/h4-10,13-15,21,25H,11-12,16H2,1-3H3,(H2,30,31,36)/t21-,25+/m0/s1. The Morgan fingerprint density at radius 2 is 2.08 bits per heavy atom. The van der Waals surface area contributed by atoms with Crippen LogP contribution in [0.5, 0.6) is 0 Å². The quantitative estimate of drug-likeness (QED) is 0.343. The van der Waals surface area contributed by atoms with E-state index in [1.807, 2.05) is 50.5 Å². The van der Waals surface area contributed by atoms with Gasteiger partial charge in [0.25, 0.3) is 0 Å². The Kier molecular flexibility index (Phi) is 7.45. The number of hydrogen-bond acceptors (Lipinski definition) is 7. The Morgan fingerprint density at radius 3 is 2.79 bits per heavy atom. The second kappa shape index (κ2) is 11.1. The van der Waals surface area contributed by atoms with E-state index < -0.39 is 18.2 Å². The molecule has 11 nitrogen and oxygen atoms in total. The van der Waals surface area contributed by atoms with Crippen molar-refractivity contribution >= 4 is 11.8 Å². The number of benzene rings is 1. The van der Waals surface area contributed by atoms with E-state index in [-0.39, 0.29) is 5.92 Å². The second-order valence-electron chi connectivity index (χ2n) is 9.00. The van der Waals surface area contributed by atoms with Crippen molar-refractivity contribution in [3.05, 3.63) is 78.1 Å². The lowest BCUT2D eigenvalue weighted by Crippen LogP contribution is -2.41. The molecule has 0 spiro atoms. The topological polar surface area (TPSA) is 111 Å². The number of carbonyl (C=O) groups excluding carboxylic acids is 1. The molecule has 4 heterocycles. The van der Waals surface area contributed by atoms with Crippen molar-refractivity contribution in [2.24, 2.45) is 7.05 Å². The highest BCUT2D eigenvalue weighted by molar-refractivity contribution is 5.91. The maximum Gasteiger partial charge on any atom is 0.322 e. The molecule has 2 amide bonds. The van der Waals surface area contributed by atoms with E-state index >= 15 is 0 Å². The van der Waals surface area contributed by atoms with Crippen molar-refractivity contribution < 1.29 is 18.8 Å². The number of methoxy groups -OCH3 is 1. The summed E-state index contributed by atoms with van der Waals surface area (Å²) in [4.78, 5) is 23.0. The summed E-state index contributed by atoms with van der Waals surface area (Å²) in [6, 6.07) is 12.1. The highest BCUT2D eigenvalue weighted by atomic mass is 19.1. The first-order valence-corrected chi connectivity index (χ1v) is 12.2. The summed E-state index contributed by atoms with van der Waals surface area (Å²) in [7, 11) is 3.44. The molecule has 2 atom stereocenters. The number of hydroxylamine groups is 2. The van der Waals surface area contributed by atoms with E-state index in [0.29, 0.717) is 36.8 Å². The zero-order chi connectivity index (χ0) is 26.6. The van der Waals surface area contributed by atoms with E-state index in [9.17, 15) is 9.18 Å². The van der Waals surface area contributed by atoms with Crippen LogP contribution in [-0.2, 0) is 16.6 Å². The molecule has 198 valence electrons. The zero-order valence-corrected chi connectivity index (χ0v) is 21.3. The molecule has 0 aliphatic carbocycles. The number of anilines is 1. The highest BCUT2D eigenvalue weighted by Crippen LogP contribution is 2.31. The number of aromatic nitrogens is 5. The summed E-state index contributed by atoms with van der Waals surface area (Å²) in [5.41, 5.74) is 3.76. The number of aryl methyl sites for hydroxylation is 1. The van der Waals surface area contributed by atoms with Gasteiger partial charge in [-0.05, 0) is 36.8 Å². The third-order valence-electron chi connectivity index (χ3n) is 6.36. The van der Waals surface area contributed by atoms with Gasteiger partial charge in [0.05, 0.1) is 18.5 Å². The van der Waals surface area contributed by atoms with Crippen molar-refractivity contribution in [3.8, 4) is 16.9 Å². The van der Waals surface area contributed by atoms with Crippen molar-refractivity contribution in [2.75, 3.05) is 32.1 Å². The number of amides is 2. The predicted molar refractivity (Wildman–Crippen MR) is 138 cm³/mol. The van der Waals surface area contributed by atoms with Gasteiger partial charge in [0.2, 0.25) is 5.95 Å². The van der Waals surface area contributed by atoms with Gasteiger partial charge in [0, 0.05) is 56.7 Å². The summed E-state index contributed by atoms with van der Waals surface area (Å²) < 4.78 is 22.4. The summed E-state index contributed by atoms with van der Waals surface area (Å²) in [6.45, 7) is 3.28. The van der Waals surface area contributed by atoms with E-state index in [1.54, 1.807) is 33.8 Å². The Labute approximate surface area is 219 Å². The summed E-state index contributed by atoms with van der Waals surface area (Å²) >= 11 is 0. The van der Waals surface area contributed by atoms with E-state index in [0.717, 1.165) is 16.8 Å². The summed E-state index contributed by atoms with van der Waals surface area (Å²) in [6.07, 6.45) is 4.27. The van der Waals surface area contributed by atoms with Crippen LogP contribution in [0.4, 0.5) is 15.0 Å². The molecule has 5 rings (SSSR count). The van der Waals surface area contributed by atoms with Gasteiger partial charge >= 0.3 is 6.03 Å². The number of para-hydroxylation sites is 1. The first-order valence-electron chi connectivity index (χ1n) is 12.2. The van der Waals surface area contributed by atoms with Crippen LogP contribution in [-0.4, -0.2) is 68.7 Å². The van der Waals surface area contributed by atoms with Crippen LogP contribution in [0.1, 0.15) is 17.0 Å². The summed E-state index contributed by atoms with van der Waals surface area (Å²) in [5, 5.41) is 16.6. The average molecular weight is 521 g/mol. The summed E-state index contributed by atoms with van der Waals surface area (Å²) in [5.74, 6) is -0.402. The first kappa shape index (κ1) is 25.5.